The predicted octanol–water partition coefficient (Wildman–Crippen LogP) is 6.05. The van der Waals surface area contributed by atoms with Crippen molar-refractivity contribution in [2.24, 2.45) is 0 Å². The molecule has 1 atom stereocenters. The molecule has 5 nitrogen and oxygen atoms in total. The van der Waals surface area contributed by atoms with Crippen LogP contribution in [0.2, 0.25) is 0 Å². The van der Waals surface area contributed by atoms with Gasteiger partial charge >= 0.3 is 6.18 Å². The predicted molar refractivity (Wildman–Crippen MR) is 126 cm³/mol. The Kier molecular flexibility index (Phi) is 7.16. The molecule has 0 aliphatic carbocycles. The molecule has 35 heavy (non-hydrogen) atoms. The number of hydrogen-bond acceptors (Lipinski definition) is 3. The molecule has 178 valence electrons. The van der Waals surface area contributed by atoms with Crippen molar-refractivity contribution in [3.63, 3.8) is 0 Å². The van der Waals surface area contributed by atoms with Gasteiger partial charge in [0, 0.05) is 54.9 Å². The van der Waals surface area contributed by atoms with E-state index in [1.165, 1.54) is 17.0 Å². The third-order valence-electron chi connectivity index (χ3n) is 5.96. The highest BCUT2D eigenvalue weighted by Gasteiger charge is 2.36. The highest BCUT2D eigenvalue weighted by Crippen LogP contribution is 2.41. The lowest BCUT2D eigenvalue weighted by Crippen LogP contribution is -2.33. The summed E-state index contributed by atoms with van der Waals surface area (Å²) in [6.07, 6.45) is 0.287. The molecule has 2 aromatic heterocycles. The molecule has 1 unspecified atom stereocenters. The van der Waals surface area contributed by atoms with E-state index in [9.17, 15) is 18.0 Å². The Balaban J connectivity index is 1.75. The Morgan fingerprint density at radius 3 is 2.57 bits per heavy atom. The topological polar surface area (TPSA) is 72.8 Å². The van der Waals surface area contributed by atoms with Gasteiger partial charge in [0.1, 0.15) is 0 Å². The van der Waals surface area contributed by atoms with E-state index in [-0.39, 0.29) is 37.4 Å². The maximum Gasteiger partial charge on any atom is 0.416 e. The van der Waals surface area contributed by atoms with Crippen LogP contribution in [0.3, 0.4) is 0 Å². The molecule has 0 bridgehead atoms. The van der Waals surface area contributed by atoms with Crippen molar-refractivity contribution in [3.8, 4) is 6.07 Å². The van der Waals surface area contributed by atoms with Crippen LogP contribution in [-0.4, -0.2) is 27.3 Å². The number of benzene rings is 2. The number of nitrogens with one attached hydrogen (secondary N) is 1. The van der Waals surface area contributed by atoms with E-state index in [1.807, 2.05) is 36.4 Å². The molecule has 0 spiro atoms. The van der Waals surface area contributed by atoms with Crippen molar-refractivity contribution in [2.45, 2.75) is 31.5 Å². The average Bonchev–Trinajstić information content (AvgIpc) is 3.29. The molecular weight excluding hydrogens is 453 g/mol. The molecule has 0 saturated carbocycles. The molecular formula is C27H23F3N4O. The first-order valence-corrected chi connectivity index (χ1v) is 11.1. The minimum atomic E-state index is -4.57. The maximum absolute atomic E-state index is 14.0. The SMILES string of the molecule is N#CCCN(Cc1cccnc1)C(=O)CC(c1ccccc1C(F)(F)F)c1c[nH]c2ccccc12. The lowest BCUT2D eigenvalue weighted by molar-refractivity contribution is -0.139. The molecule has 2 heterocycles. The van der Waals surface area contributed by atoms with Crippen molar-refractivity contribution in [1.82, 2.24) is 14.9 Å². The highest BCUT2D eigenvalue weighted by molar-refractivity contribution is 5.86. The standard InChI is InChI=1S/C27H23F3N4O/c28-27(29,30)24-10-3-1-8-20(24)22(23-17-33-25-11-4-2-9-21(23)25)15-26(35)34(14-6-12-31)18-19-7-5-13-32-16-19/h1-5,7-11,13,16-17,22,33H,6,14-15,18H2. The highest BCUT2D eigenvalue weighted by atomic mass is 19.4. The molecule has 0 aliphatic heterocycles. The average molecular weight is 477 g/mol. The van der Waals surface area contributed by atoms with Gasteiger partial charge in [0.2, 0.25) is 5.91 Å². The molecule has 8 heteroatoms. The van der Waals surface area contributed by atoms with Gasteiger partial charge in [0.25, 0.3) is 0 Å². The number of para-hydroxylation sites is 1. The summed E-state index contributed by atoms with van der Waals surface area (Å²) in [6.45, 7) is 0.391. The van der Waals surface area contributed by atoms with Gasteiger partial charge in [-0.3, -0.25) is 9.78 Å². The third-order valence-corrected chi connectivity index (χ3v) is 5.96. The van der Waals surface area contributed by atoms with E-state index in [0.717, 1.165) is 22.5 Å². The molecule has 4 rings (SSSR count). The number of aromatic amines is 1. The molecule has 1 amide bonds. The fourth-order valence-electron chi connectivity index (χ4n) is 4.32. The quantitative estimate of drug-likeness (QED) is 0.337. The van der Waals surface area contributed by atoms with Crippen LogP contribution in [-0.2, 0) is 17.5 Å². The number of aromatic nitrogens is 2. The number of hydrogen-bond donors (Lipinski definition) is 1. The normalized spacial score (nSPS) is 12.3. The van der Waals surface area contributed by atoms with Crippen LogP contribution < -0.4 is 0 Å². The first-order valence-electron chi connectivity index (χ1n) is 11.1. The van der Waals surface area contributed by atoms with Gasteiger partial charge in [-0.15, -0.1) is 0 Å². The van der Waals surface area contributed by atoms with Gasteiger partial charge in [-0.25, -0.2) is 0 Å². The third kappa shape index (κ3) is 5.52. The van der Waals surface area contributed by atoms with E-state index in [2.05, 4.69) is 9.97 Å². The van der Waals surface area contributed by atoms with E-state index in [0.29, 0.717) is 5.56 Å². The Morgan fingerprint density at radius 1 is 1.06 bits per heavy atom. The lowest BCUT2D eigenvalue weighted by Gasteiger charge is -2.26. The Morgan fingerprint density at radius 2 is 1.83 bits per heavy atom. The van der Waals surface area contributed by atoms with Gasteiger partial charge in [0.05, 0.1) is 18.1 Å². The number of rotatable bonds is 8. The Labute approximate surface area is 200 Å². The van der Waals surface area contributed by atoms with Crippen LogP contribution in [0.1, 0.15) is 41.0 Å². The van der Waals surface area contributed by atoms with Crippen molar-refractivity contribution in [2.75, 3.05) is 6.54 Å². The fraction of sp³-hybridized carbons (Fsp3) is 0.222. The van der Waals surface area contributed by atoms with Crippen LogP contribution in [0.25, 0.3) is 10.9 Å². The first kappa shape index (κ1) is 24.0. The van der Waals surface area contributed by atoms with Gasteiger partial charge in [-0.05, 0) is 34.9 Å². The van der Waals surface area contributed by atoms with E-state index in [4.69, 9.17) is 5.26 Å². The smallest absolute Gasteiger partial charge is 0.361 e. The second-order valence-corrected chi connectivity index (χ2v) is 8.22. The lowest BCUT2D eigenvalue weighted by atomic mass is 9.85. The van der Waals surface area contributed by atoms with Crippen LogP contribution in [0.5, 0.6) is 0 Å². The van der Waals surface area contributed by atoms with Crippen molar-refractivity contribution in [1.29, 1.82) is 5.26 Å². The number of amides is 1. The van der Waals surface area contributed by atoms with Gasteiger partial charge in [0.15, 0.2) is 0 Å². The zero-order chi connectivity index (χ0) is 24.8. The van der Waals surface area contributed by atoms with E-state index < -0.39 is 17.7 Å². The van der Waals surface area contributed by atoms with E-state index in [1.54, 1.807) is 30.7 Å². The number of nitriles is 1. The number of carbonyl (C=O) groups is 1. The fourth-order valence-corrected chi connectivity index (χ4v) is 4.32. The minimum absolute atomic E-state index is 0.0414. The Bertz CT molecular complexity index is 1340. The summed E-state index contributed by atoms with van der Waals surface area (Å²) in [5.74, 6) is -1.17. The van der Waals surface area contributed by atoms with Crippen molar-refractivity contribution >= 4 is 16.8 Å². The summed E-state index contributed by atoms with van der Waals surface area (Å²) in [5, 5.41) is 9.85. The number of alkyl halides is 3. The second-order valence-electron chi connectivity index (χ2n) is 8.22. The first-order chi connectivity index (χ1) is 16.9. The summed E-state index contributed by atoms with van der Waals surface area (Å²) < 4.78 is 41.9. The maximum atomic E-state index is 14.0. The molecule has 1 N–H and O–H groups in total. The number of fused-ring (bicyclic) bond motifs is 1. The molecule has 0 radical (unpaired) electrons. The second kappa shape index (κ2) is 10.4. The summed E-state index contributed by atoms with van der Waals surface area (Å²) in [5.41, 5.74) is 1.45. The monoisotopic (exact) mass is 476 g/mol. The largest absolute Gasteiger partial charge is 0.416 e. The number of nitrogens with zero attached hydrogens (tertiary/aromatic N) is 3. The number of carbonyl (C=O) groups excluding carboxylic acids is 1. The van der Waals surface area contributed by atoms with Crippen LogP contribution >= 0.6 is 0 Å². The number of H-pyrrole nitrogens is 1. The zero-order valence-electron chi connectivity index (χ0n) is 18.8. The summed E-state index contributed by atoms with van der Waals surface area (Å²) in [4.78, 5) is 22.2. The van der Waals surface area contributed by atoms with E-state index >= 15 is 0 Å². The van der Waals surface area contributed by atoms with Gasteiger partial charge < -0.3 is 9.88 Å². The van der Waals surface area contributed by atoms with Crippen molar-refractivity contribution < 1.29 is 18.0 Å². The Hall–Kier alpha value is -4.12. The van der Waals surface area contributed by atoms with Crippen LogP contribution in [0.15, 0.2) is 79.3 Å². The molecule has 0 fully saturated rings. The minimum Gasteiger partial charge on any atom is -0.361 e. The molecule has 4 aromatic rings. The van der Waals surface area contributed by atoms with Crippen molar-refractivity contribution in [3.05, 3.63) is 102 Å². The molecule has 0 aliphatic rings. The molecule has 0 saturated heterocycles. The number of pyridine rings is 1. The van der Waals surface area contributed by atoms with Gasteiger partial charge in [-0.1, -0.05) is 42.5 Å². The number of halogens is 3. The summed E-state index contributed by atoms with van der Waals surface area (Å²) in [6, 6.07) is 18.3. The zero-order valence-corrected chi connectivity index (χ0v) is 18.8. The van der Waals surface area contributed by atoms with Crippen LogP contribution in [0.4, 0.5) is 13.2 Å². The summed E-state index contributed by atoms with van der Waals surface area (Å²) >= 11 is 0. The van der Waals surface area contributed by atoms with Crippen LogP contribution in [0, 0.1) is 11.3 Å². The summed E-state index contributed by atoms with van der Waals surface area (Å²) in [7, 11) is 0. The van der Waals surface area contributed by atoms with Gasteiger partial charge in [-0.2, -0.15) is 18.4 Å². The molecule has 2 aromatic carbocycles.